The number of ether oxygens (including phenoxy) is 2. The van der Waals surface area contributed by atoms with Crippen molar-refractivity contribution in [3.8, 4) is 11.5 Å². The topological polar surface area (TPSA) is 58.9 Å². The zero-order valence-corrected chi connectivity index (χ0v) is 12.2. The molecule has 0 bridgehead atoms. The smallest absolute Gasteiger partial charge is 0.488 e. The highest BCUT2D eigenvalue weighted by atomic mass is 16.5. The van der Waals surface area contributed by atoms with E-state index in [1.54, 1.807) is 24.3 Å². The summed E-state index contributed by atoms with van der Waals surface area (Å²) in [6, 6.07) is 12.7. The fourth-order valence-electron chi connectivity index (χ4n) is 1.96. The summed E-state index contributed by atoms with van der Waals surface area (Å²) in [5, 5.41) is 18.2. The van der Waals surface area contributed by atoms with Gasteiger partial charge in [-0.25, -0.2) is 0 Å². The third-order valence-corrected chi connectivity index (χ3v) is 3.32. The van der Waals surface area contributed by atoms with E-state index in [0.717, 1.165) is 11.3 Å². The summed E-state index contributed by atoms with van der Waals surface area (Å²) >= 11 is 0. The Morgan fingerprint density at radius 2 is 1.67 bits per heavy atom. The van der Waals surface area contributed by atoms with Gasteiger partial charge in [0.15, 0.2) is 0 Å². The van der Waals surface area contributed by atoms with E-state index in [9.17, 15) is 0 Å². The molecule has 2 rings (SSSR count). The molecule has 2 aromatic carbocycles. The molecule has 0 unspecified atom stereocenters. The van der Waals surface area contributed by atoms with E-state index in [-0.39, 0.29) is 0 Å². The summed E-state index contributed by atoms with van der Waals surface area (Å²) < 4.78 is 11.2. The van der Waals surface area contributed by atoms with Gasteiger partial charge < -0.3 is 19.5 Å². The van der Waals surface area contributed by atoms with Crippen molar-refractivity contribution in [2.75, 3.05) is 13.2 Å². The van der Waals surface area contributed by atoms with E-state index in [1.807, 2.05) is 32.0 Å². The predicted molar refractivity (Wildman–Crippen MR) is 83.2 cm³/mol. The van der Waals surface area contributed by atoms with Crippen molar-refractivity contribution in [1.82, 2.24) is 0 Å². The van der Waals surface area contributed by atoms with Crippen LogP contribution in [0, 0.1) is 13.8 Å². The van der Waals surface area contributed by atoms with E-state index in [4.69, 9.17) is 19.5 Å². The van der Waals surface area contributed by atoms with Gasteiger partial charge in [0.05, 0.1) is 0 Å². The minimum absolute atomic E-state index is 0.387. The molecule has 21 heavy (non-hydrogen) atoms. The Hall–Kier alpha value is -1.98. The molecule has 0 saturated heterocycles. The molecule has 0 saturated carbocycles. The molecule has 0 fully saturated rings. The van der Waals surface area contributed by atoms with Crippen LogP contribution >= 0.6 is 0 Å². The van der Waals surface area contributed by atoms with Gasteiger partial charge in [0.1, 0.15) is 24.7 Å². The van der Waals surface area contributed by atoms with Crippen molar-refractivity contribution in [3.05, 3.63) is 53.6 Å². The van der Waals surface area contributed by atoms with Gasteiger partial charge in [0, 0.05) is 0 Å². The minimum Gasteiger partial charge on any atom is -0.490 e. The van der Waals surface area contributed by atoms with Crippen LogP contribution in [0.5, 0.6) is 11.5 Å². The summed E-state index contributed by atoms with van der Waals surface area (Å²) in [6.45, 7) is 4.89. The number of aryl methyl sites for hydroxylation is 1. The number of hydrogen-bond acceptors (Lipinski definition) is 4. The first kappa shape index (κ1) is 15.4. The zero-order chi connectivity index (χ0) is 15.2. The molecule has 0 spiro atoms. The zero-order valence-electron chi connectivity index (χ0n) is 12.2. The molecule has 0 atom stereocenters. The van der Waals surface area contributed by atoms with Crippen LogP contribution < -0.4 is 14.9 Å². The summed E-state index contributed by atoms with van der Waals surface area (Å²) in [4.78, 5) is 0. The van der Waals surface area contributed by atoms with Gasteiger partial charge in [0.2, 0.25) is 0 Å². The maximum absolute atomic E-state index is 9.10. The molecule has 0 aliphatic heterocycles. The third kappa shape index (κ3) is 4.24. The highest BCUT2D eigenvalue weighted by Gasteiger charge is 2.11. The molecule has 0 amide bonds. The van der Waals surface area contributed by atoms with Crippen LogP contribution in [0.4, 0.5) is 0 Å². The molecular formula is C16H19BO4. The Morgan fingerprint density at radius 3 is 2.43 bits per heavy atom. The lowest BCUT2D eigenvalue weighted by molar-refractivity contribution is 0.216. The molecule has 5 heteroatoms. The molecule has 2 aromatic rings. The molecule has 0 aliphatic carbocycles. The van der Waals surface area contributed by atoms with Crippen LogP contribution in [-0.4, -0.2) is 30.4 Å². The molecule has 4 nitrogen and oxygen atoms in total. The van der Waals surface area contributed by atoms with Gasteiger partial charge in [-0.1, -0.05) is 24.3 Å². The highest BCUT2D eigenvalue weighted by Crippen LogP contribution is 2.20. The molecule has 110 valence electrons. The average molecular weight is 286 g/mol. The van der Waals surface area contributed by atoms with Crippen molar-refractivity contribution >= 4 is 12.6 Å². The molecule has 0 heterocycles. The lowest BCUT2D eigenvalue weighted by Crippen LogP contribution is -2.29. The van der Waals surface area contributed by atoms with Gasteiger partial charge in [-0.15, -0.1) is 0 Å². The first-order valence-corrected chi connectivity index (χ1v) is 6.86. The molecule has 0 aromatic heterocycles. The Morgan fingerprint density at radius 1 is 0.952 bits per heavy atom. The Bertz CT molecular complexity index is 599. The van der Waals surface area contributed by atoms with Crippen LogP contribution in [-0.2, 0) is 0 Å². The second kappa shape index (κ2) is 7.15. The summed E-state index contributed by atoms with van der Waals surface area (Å²) in [5.41, 5.74) is 2.73. The molecule has 0 radical (unpaired) electrons. The second-order valence-electron chi connectivity index (χ2n) is 4.84. The van der Waals surface area contributed by atoms with Crippen molar-refractivity contribution in [3.63, 3.8) is 0 Å². The Labute approximate surface area is 125 Å². The largest absolute Gasteiger partial charge is 0.490 e. The lowest BCUT2D eigenvalue weighted by Gasteiger charge is -2.12. The standard InChI is InChI=1S/C16H19BO4/c1-12-5-3-8-16(13(12)2)21-10-9-20-15-7-4-6-14(11-15)17(18)19/h3-8,11,18-19H,9-10H2,1-2H3. The average Bonchev–Trinajstić information content (AvgIpc) is 2.48. The summed E-state index contributed by atoms with van der Waals surface area (Å²) in [6.07, 6.45) is 0. The van der Waals surface area contributed by atoms with E-state index in [1.165, 1.54) is 5.56 Å². The van der Waals surface area contributed by atoms with Crippen LogP contribution in [0.25, 0.3) is 0 Å². The van der Waals surface area contributed by atoms with Gasteiger partial charge in [-0.3, -0.25) is 0 Å². The quantitative estimate of drug-likeness (QED) is 0.623. The molecular weight excluding hydrogens is 267 g/mol. The SMILES string of the molecule is Cc1cccc(OCCOc2cccc(B(O)O)c2)c1C. The van der Waals surface area contributed by atoms with E-state index in [2.05, 4.69) is 0 Å². The first-order chi connectivity index (χ1) is 10.1. The normalized spacial score (nSPS) is 10.3. The van der Waals surface area contributed by atoms with Crippen LogP contribution in [0.2, 0.25) is 0 Å². The van der Waals surface area contributed by atoms with Gasteiger partial charge in [-0.05, 0) is 48.6 Å². The van der Waals surface area contributed by atoms with Crippen molar-refractivity contribution < 1.29 is 19.5 Å². The number of hydrogen-bond donors (Lipinski definition) is 2. The number of rotatable bonds is 6. The first-order valence-electron chi connectivity index (χ1n) is 6.86. The number of benzene rings is 2. The van der Waals surface area contributed by atoms with Crippen LogP contribution in [0.1, 0.15) is 11.1 Å². The van der Waals surface area contributed by atoms with Crippen molar-refractivity contribution in [2.45, 2.75) is 13.8 Å². The molecule has 2 N–H and O–H groups in total. The predicted octanol–water partition coefficient (Wildman–Crippen LogP) is 1.44. The highest BCUT2D eigenvalue weighted by molar-refractivity contribution is 6.58. The van der Waals surface area contributed by atoms with Gasteiger partial charge in [0.25, 0.3) is 0 Å². The van der Waals surface area contributed by atoms with Crippen molar-refractivity contribution in [1.29, 1.82) is 0 Å². The second-order valence-corrected chi connectivity index (χ2v) is 4.84. The summed E-state index contributed by atoms with van der Waals surface area (Å²) in [7, 11) is -1.49. The van der Waals surface area contributed by atoms with E-state index in [0.29, 0.717) is 24.4 Å². The van der Waals surface area contributed by atoms with Crippen LogP contribution in [0.3, 0.4) is 0 Å². The third-order valence-electron chi connectivity index (χ3n) is 3.32. The van der Waals surface area contributed by atoms with Gasteiger partial charge >= 0.3 is 7.12 Å². The summed E-state index contributed by atoms with van der Waals surface area (Å²) in [5.74, 6) is 1.45. The maximum Gasteiger partial charge on any atom is 0.488 e. The Kier molecular flexibility index (Phi) is 5.25. The van der Waals surface area contributed by atoms with Crippen LogP contribution in [0.15, 0.2) is 42.5 Å². The molecule has 0 aliphatic rings. The van der Waals surface area contributed by atoms with E-state index >= 15 is 0 Å². The minimum atomic E-state index is -1.49. The fraction of sp³-hybridized carbons (Fsp3) is 0.250. The van der Waals surface area contributed by atoms with Gasteiger partial charge in [-0.2, -0.15) is 0 Å². The van der Waals surface area contributed by atoms with Crippen molar-refractivity contribution in [2.24, 2.45) is 0 Å². The fourth-order valence-corrected chi connectivity index (χ4v) is 1.96. The Balaban J connectivity index is 1.85. The maximum atomic E-state index is 9.10. The lowest BCUT2D eigenvalue weighted by atomic mass is 9.80. The van der Waals surface area contributed by atoms with E-state index < -0.39 is 7.12 Å². The monoisotopic (exact) mass is 286 g/mol.